The number of carbonyl (C=O) groups excluding carboxylic acids is 4. The average Bonchev–Trinajstić information content (AvgIpc) is 3.62. The Morgan fingerprint density at radius 2 is 1.68 bits per heavy atom. The number of nitrogens with one attached hydrogen (secondary N) is 7. The highest BCUT2D eigenvalue weighted by atomic mass is 19.4. The molecule has 2 aromatic rings. The zero-order valence-electron chi connectivity index (χ0n) is 37.8. The molecular weight excluding hydrogens is 842 g/mol. The number of hydrogen-bond acceptors (Lipinski definition) is 11. The molecule has 18 heteroatoms. The second-order valence-corrected chi connectivity index (χ2v) is 16.3. The first kappa shape index (κ1) is 53.5. The Bertz CT molecular complexity index is 1910. The summed E-state index contributed by atoms with van der Waals surface area (Å²) >= 11 is 0. The van der Waals surface area contributed by atoms with Gasteiger partial charge in [-0.3, -0.25) is 35.2 Å². The van der Waals surface area contributed by atoms with Crippen molar-refractivity contribution in [3.8, 4) is 11.8 Å². The lowest BCUT2D eigenvalue weighted by Gasteiger charge is -2.29. The van der Waals surface area contributed by atoms with E-state index >= 15 is 0 Å². The van der Waals surface area contributed by atoms with Crippen LogP contribution in [0.5, 0.6) is 5.75 Å². The van der Waals surface area contributed by atoms with Crippen LogP contribution in [0, 0.1) is 22.7 Å². The molecule has 356 valence electrons. The number of amidine groups is 1. The molecule has 3 aliphatic rings. The molecule has 15 nitrogen and oxygen atoms in total. The molecule has 4 amide bonds. The van der Waals surface area contributed by atoms with Gasteiger partial charge in [0.1, 0.15) is 23.4 Å². The Morgan fingerprint density at radius 3 is 2.35 bits per heavy atom. The summed E-state index contributed by atoms with van der Waals surface area (Å²) in [4.78, 5) is 51.0. The van der Waals surface area contributed by atoms with Crippen molar-refractivity contribution in [2.45, 2.75) is 135 Å². The number of anilines is 1. The average molecular weight is 909 g/mol. The summed E-state index contributed by atoms with van der Waals surface area (Å²) in [7, 11) is 0. The number of nitriles is 1. The van der Waals surface area contributed by atoms with E-state index in [1.165, 1.54) is 88.7 Å². The fourth-order valence-electron chi connectivity index (χ4n) is 7.60. The maximum Gasteiger partial charge on any atom is 0.573 e. The SMILES string of the molecule is C=NC(=N)/C(C#N)=C\NCNCc1ccccc1OC(F)(F)F.CC1CCC(NCCCCCCCNC=O)CC1.CCCCCNc1cccc2c1CN(C1CCC(=O)NC1=O)C2=O. The van der Waals surface area contributed by atoms with Gasteiger partial charge in [0.25, 0.3) is 5.91 Å². The van der Waals surface area contributed by atoms with Crippen LogP contribution in [0.25, 0.3) is 0 Å². The zero-order valence-corrected chi connectivity index (χ0v) is 37.8. The topological polar surface area (TPSA) is 213 Å². The highest BCUT2D eigenvalue weighted by Gasteiger charge is 2.40. The first-order chi connectivity index (χ1) is 31.3. The number of unbranched alkanes of at least 4 members (excludes halogenated alkanes) is 6. The van der Waals surface area contributed by atoms with Crippen LogP contribution in [0.1, 0.15) is 125 Å². The van der Waals surface area contributed by atoms with Crippen LogP contribution < -0.4 is 36.6 Å². The standard InChI is InChI=1S/C18H23N3O3.C15H30N2O.C14H14F3N5O/c1-2-3-4-10-19-14-7-5-6-12-13(14)11-21(18(12)24)15-8-9-16(22)20-17(15)23;1-14-7-9-15(10-8-14)17-12-6-4-2-3-5-11-16-13-18;1-20-13(19)11(6-18)8-22-9-21-7-10-4-2-3-5-12(10)23-14(15,16)17/h5-7,15,19H,2-4,8-11H2,1H3,(H,20,22,23);13-15,17H,2-12H2,1H3,(H,16,18);2-5,8,19,21-22H,1,7,9H2/b;;11-8-,19-13?. The molecule has 65 heavy (non-hydrogen) atoms. The van der Waals surface area contributed by atoms with E-state index in [1.807, 2.05) is 12.1 Å². The highest BCUT2D eigenvalue weighted by molar-refractivity contribution is 6.06. The summed E-state index contributed by atoms with van der Waals surface area (Å²) in [5.74, 6) is -0.370. The summed E-state index contributed by atoms with van der Waals surface area (Å²) in [5, 5.41) is 33.8. The van der Waals surface area contributed by atoms with Crippen LogP contribution in [-0.4, -0.2) is 86.3 Å². The van der Waals surface area contributed by atoms with Crippen molar-refractivity contribution < 1.29 is 37.1 Å². The molecule has 2 aliphatic heterocycles. The number of para-hydroxylation sites is 1. The molecule has 2 heterocycles. The number of carbonyl (C=O) groups is 4. The van der Waals surface area contributed by atoms with Crippen molar-refractivity contribution in [1.82, 2.24) is 31.5 Å². The van der Waals surface area contributed by atoms with Crippen LogP contribution in [0.3, 0.4) is 0 Å². The van der Waals surface area contributed by atoms with E-state index < -0.39 is 12.4 Å². The number of benzene rings is 2. The lowest BCUT2D eigenvalue weighted by Crippen LogP contribution is -2.52. The molecule has 7 N–H and O–H groups in total. The third-order valence-corrected chi connectivity index (χ3v) is 11.2. The fraction of sp³-hybridized carbons (Fsp3) is 0.553. The van der Waals surface area contributed by atoms with Gasteiger partial charge in [-0.2, -0.15) is 5.26 Å². The Balaban J connectivity index is 0.000000262. The van der Waals surface area contributed by atoms with Gasteiger partial charge in [-0.1, -0.05) is 70.2 Å². The quantitative estimate of drug-likeness (QED) is 0.0113. The normalized spacial score (nSPS) is 18.1. The number of piperidine rings is 1. The number of ether oxygens (including phenoxy) is 1. The maximum absolute atomic E-state index is 12.7. The molecule has 2 aromatic carbocycles. The minimum Gasteiger partial charge on any atom is -0.405 e. The Kier molecular flexibility index (Phi) is 24.4. The number of hydrogen-bond donors (Lipinski definition) is 7. The maximum atomic E-state index is 12.7. The third kappa shape index (κ3) is 19.9. The summed E-state index contributed by atoms with van der Waals surface area (Å²) < 4.78 is 40.8. The van der Waals surface area contributed by atoms with Gasteiger partial charge in [-0.15, -0.1) is 13.2 Å². The van der Waals surface area contributed by atoms with Gasteiger partial charge in [0.2, 0.25) is 18.2 Å². The van der Waals surface area contributed by atoms with Gasteiger partial charge in [0.15, 0.2) is 5.84 Å². The van der Waals surface area contributed by atoms with E-state index in [0.717, 1.165) is 62.0 Å². The zero-order chi connectivity index (χ0) is 47.5. The lowest BCUT2D eigenvalue weighted by molar-refractivity contribution is -0.274. The van der Waals surface area contributed by atoms with Crippen molar-refractivity contribution in [3.05, 3.63) is 70.9 Å². The number of alkyl halides is 3. The first-order valence-electron chi connectivity index (χ1n) is 22.7. The number of imide groups is 1. The number of amides is 4. The van der Waals surface area contributed by atoms with E-state index in [1.54, 1.807) is 23.1 Å². The summed E-state index contributed by atoms with van der Waals surface area (Å²) in [5.41, 5.74) is 2.88. The Morgan fingerprint density at radius 1 is 0.969 bits per heavy atom. The van der Waals surface area contributed by atoms with E-state index in [4.69, 9.17) is 10.7 Å². The van der Waals surface area contributed by atoms with Gasteiger partial charge in [0, 0.05) is 67.2 Å². The largest absolute Gasteiger partial charge is 0.573 e. The predicted octanol–water partition coefficient (Wildman–Crippen LogP) is 7.21. The first-order valence-corrected chi connectivity index (χ1v) is 22.7. The lowest BCUT2D eigenvalue weighted by atomic mass is 9.87. The van der Waals surface area contributed by atoms with Gasteiger partial charge in [0.05, 0.1) is 6.67 Å². The van der Waals surface area contributed by atoms with E-state index in [0.29, 0.717) is 24.1 Å². The van der Waals surface area contributed by atoms with E-state index in [-0.39, 0.29) is 54.5 Å². The molecule has 0 spiro atoms. The smallest absolute Gasteiger partial charge is 0.405 e. The minimum atomic E-state index is -4.75. The number of nitrogens with zero attached hydrogens (tertiary/aromatic N) is 3. The van der Waals surface area contributed by atoms with E-state index in [2.05, 4.69) is 62.2 Å². The van der Waals surface area contributed by atoms with Crippen LogP contribution in [0.4, 0.5) is 18.9 Å². The van der Waals surface area contributed by atoms with Crippen molar-refractivity contribution in [2.75, 3.05) is 31.6 Å². The van der Waals surface area contributed by atoms with Crippen molar-refractivity contribution in [1.29, 1.82) is 10.7 Å². The predicted molar refractivity (Wildman–Crippen MR) is 246 cm³/mol. The number of aliphatic imine (C=N–C) groups is 1. The molecule has 1 saturated carbocycles. The number of halogens is 3. The fourth-order valence-corrected chi connectivity index (χ4v) is 7.60. The Labute approximate surface area is 381 Å². The molecule has 1 aliphatic carbocycles. The Hall–Kier alpha value is -5.80. The molecule has 1 unspecified atom stereocenters. The van der Waals surface area contributed by atoms with Crippen LogP contribution in [0.2, 0.25) is 0 Å². The molecule has 0 radical (unpaired) electrons. The molecule has 0 bridgehead atoms. The number of fused-ring (bicyclic) bond motifs is 1. The van der Waals surface area contributed by atoms with Crippen molar-refractivity contribution in [2.24, 2.45) is 10.9 Å². The molecular formula is C47H67F3N10O5. The molecule has 1 saturated heterocycles. The van der Waals surface area contributed by atoms with Crippen molar-refractivity contribution in [3.63, 3.8) is 0 Å². The van der Waals surface area contributed by atoms with Crippen LogP contribution in [-0.2, 0) is 27.5 Å². The third-order valence-electron chi connectivity index (χ3n) is 11.2. The highest BCUT2D eigenvalue weighted by Crippen LogP contribution is 2.32. The van der Waals surface area contributed by atoms with Gasteiger partial charge in [-0.25, -0.2) is 4.99 Å². The second kappa shape index (κ2) is 29.6. The molecule has 1 atom stereocenters. The van der Waals surface area contributed by atoms with E-state index in [9.17, 15) is 32.3 Å². The van der Waals surface area contributed by atoms with Gasteiger partial charge in [-0.05, 0) is 88.7 Å². The summed E-state index contributed by atoms with van der Waals surface area (Å²) in [6.07, 6.45) is 13.2. The number of rotatable bonds is 23. The monoisotopic (exact) mass is 909 g/mol. The van der Waals surface area contributed by atoms with Gasteiger partial charge >= 0.3 is 6.36 Å². The van der Waals surface area contributed by atoms with Crippen LogP contribution >= 0.6 is 0 Å². The van der Waals surface area contributed by atoms with Crippen LogP contribution in [0.15, 0.2) is 59.2 Å². The minimum absolute atomic E-state index is 0.0115. The summed E-state index contributed by atoms with van der Waals surface area (Å²) in [6.45, 7) is 11.3. The molecule has 5 rings (SSSR count). The summed E-state index contributed by atoms with van der Waals surface area (Å²) in [6, 6.07) is 13.4. The van der Waals surface area contributed by atoms with Gasteiger partial charge < -0.3 is 30.9 Å². The molecule has 0 aromatic heterocycles. The van der Waals surface area contributed by atoms with Crippen molar-refractivity contribution >= 4 is 42.4 Å². The second-order valence-electron chi connectivity index (χ2n) is 16.3. The molecule has 2 fully saturated rings.